The number of hydrogen-bond donors (Lipinski definition) is 0. The lowest BCUT2D eigenvalue weighted by atomic mass is 10.2. The second-order valence-corrected chi connectivity index (χ2v) is 4.61. The Labute approximate surface area is 123 Å². The minimum atomic E-state index is 0.545. The maximum Gasteiger partial charge on any atom is 0.266 e. The smallest absolute Gasteiger partial charge is 0.266 e. The molecule has 0 saturated carbocycles. The van der Waals surface area contributed by atoms with Crippen LogP contribution in [0.3, 0.4) is 0 Å². The normalized spacial score (nSPS) is 10.7. The van der Waals surface area contributed by atoms with Crippen molar-refractivity contribution in [3.05, 3.63) is 48.8 Å². The Kier molecular flexibility index (Phi) is 3.95. The number of anilines is 1. The van der Waals surface area contributed by atoms with Crippen molar-refractivity contribution in [3.8, 4) is 11.5 Å². The van der Waals surface area contributed by atoms with E-state index in [2.05, 4.69) is 27.1 Å². The molecule has 2 aromatic heterocycles. The zero-order valence-corrected chi connectivity index (χ0v) is 11.9. The van der Waals surface area contributed by atoms with Gasteiger partial charge in [0, 0.05) is 31.0 Å². The van der Waals surface area contributed by atoms with E-state index in [1.807, 2.05) is 47.3 Å². The van der Waals surface area contributed by atoms with E-state index in [4.69, 9.17) is 4.52 Å². The van der Waals surface area contributed by atoms with Crippen molar-refractivity contribution in [2.45, 2.75) is 13.5 Å². The first-order valence-electron chi connectivity index (χ1n) is 6.98. The van der Waals surface area contributed by atoms with E-state index in [-0.39, 0.29) is 0 Å². The van der Waals surface area contributed by atoms with E-state index < -0.39 is 0 Å². The van der Waals surface area contributed by atoms with Gasteiger partial charge in [0.25, 0.3) is 11.8 Å². The molecule has 0 radical (unpaired) electrons. The van der Waals surface area contributed by atoms with Gasteiger partial charge in [0.2, 0.25) is 0 Å². The van der Waals surface area contributed by atoms with Gasteiger partial charge in [-0.25, -0.2) is 0 Å². The summed E-state index contributed by atoms with van der Waals surface area (Å²) < 4.78 is 7.24. The number of likely N-dealkylation sites (N-methyl/N-ethyl adjacent to an activating group) is 1. The molecule has 0 unspecified atom stereocenters. The molecule has 0 N–H and O–H groups in total. The molecule has 0 aliphatic heterocycles. The molecule has 0 saturated heterocycles. The summed E-state index contributed by atoms with van der Waals surface area (Å²) >= 11 is 0. The number of benzene rings is 1. The molecule has 0 atom stereocenters. The van der Waals surface area contributed by atoms with Crippen molar-refractivity contribution in [3.63, 3.8) is 0 Å². The fourth-order valence-corrected chi connectivity index (χ4v) is 2.10. The highest BCUT2D eigenvalue weighted by Crippen LogP contribution is 2.19. The van der Waals surface area contributed by atoms with E-state index >= 15 is 0 Å². The molecule has 2 heterocycles. The Morgan fingerprint density at radius 3 is 2.76 bits per heavy atom. The Balaban J connectivity index is 1.71. The largest absolute Gasteiger partial charge is 0.337 e. The van der Waals surface area contributed by atoms with Crippen LogP contribution in [0.25, 0.3) is 11.5 Å². The Morgan fingerprint density at radius 2 is 2.05 bits per heavy atom. The molecule has 0 amide bonds. The third kappa shape index (κ3) is 3.10. The van der Waals surface area contributed by atoms with Crippen LogP contribution in [0.2, 0.25) is 0 Å². The lowest BCUT2D eigenvalue weighted by Gasteiger charge is -2.17. The summed E-state index contributed by atoms with van der Waals surface area (Å²) in [4.78, 5) is 6.54. The minimum Gasteiger partial charge on any atom is -0.337 e. The third-order valence-corrected chi connectivity index (χ3v) is 3.26. The van der Waals surface area contributed by atoms with Gasteiger partial charge in [-0.05, 0) is 30.3 Å². The van der Waals surface area contributed by atoms with E-state index in [1.165, 1.54) is 0 Å². The van der Waals surface area contributed by atoms with Crippen LogP contribution in [-0.2, 0) is 6.54 Å². The predicted molar refractivity (Wildman–Crippen MR) is 79.8 cm³/mol. The molecule has 108 valence electrons. The molecule has 0 spiro atoms. The Bertz CT molecular complexity index is 662. The van der Waals surface area contributed by atoms with Crippen LogP contribution in [0.4, 0.5) is 5.95 Å². The van der Waals surface area contributed by atoms with Crippen molar-refractivity contribution in [2.75, 3.05) is 18.0 Å². The quantitative estimate of drug-likeness (QED) is 0.695. The molecule has 0 bridgehead atoms. The van der Waals surface area contributed by atoms with Gasteiger partial charge in [0.05, 0.1) is 6.54 Å². The first kappa shape index (κ1) is 13.4. The standard InChI is InChI=1S/C15H17N5O/c1-2-19(11-12-20-10-6-9-16-20)15-17-14(21-18-15)13-7-4-3-5-8-13/h3-10H,2,11-12H2,1H3. The van der Waals surface area contributed by atoms with Crippen molar-refractivity contribution < 1.29 is 4.52 Å². The predicted octanol–water partition coefficient (Wildman–Crippen LogP) is 2.46. The van der Waals surface area contributed by atoms with Gasteiger partial charge in [-0.15, -0.1) is 0 Å². The Morgan fingerprint density at radius 1 is 1.19 bits per heavy atom. The Hall–Kier alpha value is -2.63. The van der Waals surface area contributed by atoms with E-state index in [0.717, 1.165) is 25.2 Å². The molecule has 1 aromatic carbocycles. The lowest BCUT2D eigenvalue weighted by molar-refractivity contribution is 0.428. The fraction of sp³-hybridized carbons (Fsp3) is 0.267. The average molecular weight is 283 g/mol. The summed E-state index contributed by atoms with van der Waals surface area (Å²) in [6, 6.07) is 11.7. The summed E-state index contributed by atoms with van der Waals surface area (Å²) in [5, 5.41) is 8.27. The molecule has 3 rings (SSSR count). The number of hydrogen-bond acceptors (Lipinski definition) is 5. The zero-order chi connectivity index (χ0) is 14.5. The van der Waals surface area contributed by atoms with Crippen LogP contribution < -0.4 is 4.90 Å². The SMILES string of the molecule is CCN(CCn1cccn1)c1noc(-c2ccccc2)n1. The van der Waals surface area contributed by atoms with Crippen LogP contribution in [0.15, 0.2) is 53.3 Å². The zero-order valence-electron chi connectivity index (χ0n) is 11.9. The van der Waals surface area contributed by atoms with Crippen LogP contribution in [-0.4, -0.2) is 33.0 Å². The minimum absolute atomic E-state index is 0.545. The van der Waals surface area contributed by atoms with Gasteiger partial charge in [0.1, 0.15) is 0 Å². The first-order valence-corrected chi connectivity index (χ1v) is 6.98. The van der Waals surface area contributed by atoms with Crippen molar-refractivity contribution in [1.29, 1.82) is 0 Å². The van der Waals surface area contributed by atoms with E-state index in [9.17, 15) is 0 Å². The van der Waals surface area contributed by atoms with Gasteiger partial charge in [-0.1, -0.05) is 18.2 Å². The molecule has 21 heavy (non-hydrogen) atoms. The number of nitrogens with zero attached hydrogens (tertiary/aromatic N) is 5. The molecular formula is C15H17N5O. The highest BCUT2D eigenvalue weighted by atomic mass is 16.5. The van der Waals surface area contributed by atoms with Crippen LogP contribution in [0.1, 0.15) is 6.92 Å². The third-order valence-electron chi connectivity index (χ3n) is 3.26. The van der Waals surface area contributed by atoms with Gasteiger partial charge in [0.15, 0.2) is 0 Å². The van der Waals surface area contributed by atoms with Gasteiger partial charge < -0.3 is 9.42 Å². The average Bonchev–Trinajstić information content (AvgIpc) is 3.20. The fourth-order valence-electron chi connectivity index (χ4n) is 2.10. The first-order chi connectivity index (χ1) is 10.4. The maximum absolute atomic E-state index is 5.35. The van der Waals surface area contributed by atoms with Crippen molar-refractivity contribution >= 4 is 5.95 Å². The molecule has 6 nitrogen and oxygen atoms in total. The highest BCUT2D eigenvalue weighted by Gasteiger charge is 2.13. The molecular weight excluding hydrogens is 266 g/mol. The van der Waals surface area contributed by atoms with Crippen LogP contribution in [0, 0.1) is 0 Å². The monoisotopic (exact) mass is 283 g/mol. The topological polar surface area (TPSA) is 60.0 Å². The molecule has 3 aromatic rings. The molecule has 0 fully saturated rings. The maximum atomic E-state index is 5.35. The van der Waals surface area contributed by atoms with E-state index in [0.29, 0.717) is 11.8 Å². The van der Waals surface area contributed by atoms with Gasteiger partial charge >= 0.3 is 0 Å². The highest BCUT2D eigenvalue weighted by molar-refractivity contribution is 5.53. The summed E-state index contributed by atoms with van der Waals surface area (Å²) in [7, 11) is 0. The van der Waals surface area contributed by atoms with Crippen LogP contribution >= 0.6 is 0 Å². The second kappa shape index (κ2) is 6.21. The molecule has 6 heteroatoms. The second-order valence-electron chi connectivity index (χ2n) is 4.61. The summed E-state index contributed by atoms with van der Waals surface area (Å²) in [6.45, 7) is 4.46. The number of aromatic nitrogens is 4. The van der Waals surface area contributed by atoms with Crippen LogP contribution in [0.5, 0.6) is 0 Å². The number of rotatable bonds is 6. The lowest BCUT2D eigenvalue weighted by Crippen LogP contribution is -2.28. The van der Waals surface area contributed by atoms with E-state index in [1.54, 1.807) is 6.20 Å². The van der Waals surface area contributed by atoms with Gasteiger partial charge in [-0.2, -0.15) is 10.1 Å². The van der Waals surface area contributed by atoms with Crippen molar-refractivity contribution in [2.24, 2.45) is 0 Å². The summed E-state index contributed by atoms with van der Waals surface area (Å²) in [6.07, 6.45) is 3.72. The molecule has 0 aliphatic carbocycles. The summed E-state index contributed by atoms with van der Waals surface area (Å²) in [5.74, 6) is 1.16. The molecule has 0 aliphatic rings. The van der Waals surface area contributed by atoms with Crippen molar-refractivity contribution in [1.82, 2.24) is 19.9 Å². The van der Waals surface area contributed by atoms with Gasteiger partial charge in [-0.3, -0.25) is 4.68 Å². The summed E-state index contributed by atoms with van der Waals surface area (Å²) in [5.41, 5.74) is 0.930.